The average molecular weight is 475 g/mol. The Kier molecular flexibility index (Phi) is 6.22. The van der Waals surface area contributed by atoms with E-state index in [-0.39, 0.29) is 23.1 Å². The SMILES string of the molecule is CC(=O)Nc1ccc2c(c1)nc(Nc1ccc(OC(F)(F)F)cc1)n2[C@H]1C[C@@H](C)CC(C)(C)C1. The van der Waals surface area contributed by atoms with Gasteiger partial charge in [-0.05, 0) is 73.1 Å². The molecule has 3 aromatic rings. The summed E-state index contributed by atoms with van der Waals surface area (Å²) >= 11 is 0. The fourth-order valence-corrected chi connectivity index (χ4v) is 5.20. The molecule has 0 aliphatic heterocycles. The van der Waals surface area contributed by atoms with E-state index in [4.69, 9.17) is 4.98 Å². The van der Waals surface area contributed by atoms with E-state index in [0.29, 0.717) is 23.2 Å². The summed E-state index contributed by atoms with van der Waals surface area (Å²) in [6, 6.07) is 11.4. The number of rotatable bonds is 5. The van der Waals surface area contributed by atoms with Gasteiger partial charge in [0.2, 0.25) is 11.9 Å². The van der Waals surface area contributed by atoms with Crippen LogP contribution in [0.2, 0.25) is 0 Å². The maximum Gasteiger partial charge on any atom is 0.573 e. The van der Waals surface area contributed by atoms with Crippen molar-refractivity contribution >= 4 is 34.3 Å². The lowest BCUT2D eigenvalue weighted by molar-refractivity contribution is -0.274. The minimum absolute atomic E-state index is 0.166. The van der Waals surface area contributed by atoms with Crippen LogP contribution < -0.4 is 15.4 Å². The summed E-state index contributed by atoms with van der Waals surface area (Å²) in [6.45, 7) is 8.26. The molecule has 0 radical (unpaired) electrons. The highest BCUT2D eigenvalue weighted by molar-refractivity contribution is 5.92. The molecule has 9 heteroatoms. The molecule has 0 spiro atoms. The molecule has 2 aromatic carbocycles. The third kappa shape index (κ3) is 5.63. The number of hydrogen-bond acceptors (Lipinski definition) is 4. The lowest BCUT2D eigenvalue weighted by atomic mass is 9.70. The predicted octanol–water partition coefficient (Wildman–Crippen LogP) is 7.02. The highest BCUT2D eigenvalue weighted by Crippen LogP contribution is 2.46. The quantitative estimate of drug-likeness (QED) is 0.417. The highest BCUT2D eigenvalue weighted by atomic mass is 19.4. The minimum Gasteiger partial charge on any atom is -0.406 e. The van der Waals surface area contributed by atoms with Gasteiger partial charge in [-0.2, -0.15) is 0 Å². The molecule has 4 rings (SSSR count). The number of alkyl halides is 3. The molecule has 0 bridgehead atoms. The Morgan fingerprint density at radius 2 is 1.79 bits per heavy atom. The zero-order chi connectivity index (χ0) is 24.7. The van der Waals surface area contributed by atoms with Gasteiger partial charge >= 0.3 is 6.36 Å². The van der Waals surface area contributed by atoms with Crippen molar-refractivity contribution in [1.82, 2.24) is 9.55 Å². The second-order valence-electron chi connectivity index (χ2n) is 9.95. The number of imidazole rings is 1. The molecule has 6 nitrogen and oxygen atoms in total. The maximum absolute atomic E-state index is 12.5. The smallest absolute Gasteiger partial charge is 0.406 e. The van der Waals surface area contributed by atoms with Crippen LogP contribution in [0.25, 0.3) is 11.0 Å². The summed E-state index contributed by atoms with van der Waals surface area (Å²) in [4.78, 5) is 16.3. The Balaban J connectivity index is 1.72. The average Bonchev–Trinajstić information content (AvgIpc) is 3.03. The van der Waals surface area contributed by atoms with Gasteiger partial charge in [-0.15, -0.1) is 13.2 Å². The number of carbonyl (C=O) groups excluding carboxylic acids is 1. The van der Waals surface area contributed by atoms with E-state index in [1.54, 1.807) is 0 Å². The third-order valence-corrected chi connectivity index (χ3v) is 6.08. The van der Waals surface area contributed by atoms with Gasteiger partial charge in [0.1, 0.15) is 5.75 Å². The molecular formula is C25H29F3N4O2. The number of amides is 1. The summed E-state index contributed by atoms with van der Waals surface area (Å²) in [5.41, 5.74) is 3.08. The number of halogens is 3. The van der Waals surface area contributed by atoms with Crippen LogP contribution in [-0.4, -0.2) is 21.8 Å². The topological polar surface area (TPSA) is 68.2 Å². The van der Waals surface area contributed by atoms with Crippen LogP contribution in [-0.2, 0) is 4.79 Å². The van der Waals surface area contributed by atoms with Gasteiger partial charge in [-0.1, -0.05) is 20.8 Å². The van der Waals surface area contributed by atoms with E-state index in [0.717, 1.165) is 30.3 Å². The number of nitrogens with zero attached hydrogens (tertiary/aromatic N) is 2. The lowest BCUT2D eigenvalue weighted by Gasteiger charge is -2.40. The number of nitrogens with one attached hydrogen (secondary N) is 2. The fourth-order valence-electron chi connectivity index (χ4n) is 5.20. The Morgan fingerprint density at radius 1 is 1.12 bits per heavy atom. The van der Waals surface area contributed by atoms with Crippen molar-refractivity contribution in [3.8, 4) is 5.75 Å². The van der Waals surface area contributed by atoms with Crippen molar-refractivity contribution in [3.63, 3.8) is 0 Å². The summed E-state index contributed by atoms with van der Waals surface area (Å²) in [5, 5.41) is 6.06. The van der Waals surface area contributed by atoms with Crippen LogP contribution in [0.1, 0.15) is 53.0 Å². The van der Waals surface area contributed by atoms with E-state index in [1.165, 1.54) is 31.2 Å². The molecule has 0 saturated heterocycles. The van der Waals surface area contributed by atoms with E-state index in [2.05, 4.69) is 40.7 Å². The summed E-state index contributed by atoms with van der Waals surface area (Å²) in [5.74, 6) is 0.696. The standard InChI is InChI=1S/C25H29F3N4O2/c1-15-11-19(14-24(3,4)13-15)32-22-10-7-18(29-16(2)33)12-21(22)31-23(32)30-17-5-8-20(9-6-17)34-25(26,27)28/h5-10,12,15,19H,11,13-14H2,1-4H3,(H,29,33)(H,30,31)/t15-,19+/m1/s1. The monoisotopic (exact) mass is 474 g/mol. The van der Waals surface area contributed by atoms with Gasteiger partial charge < -0.3 is 19.9 Å². The van der Waals surface area contributed by atoms with E-state index in [9.17, 15) is 18.0 Å². The minimum atomic E-state index is -4.74. The molecule has 1 heterocycles. The highest BCUT2D eigenvalue weighted by Gasteiger charge is 2.35. The molecule has 0 unspecified atom stereocenters. The molecule has 1 aliphatic carbocycles. The number of anilines is 3. The maximum atomic E-state index is 12.5. The first-order valence-corrected chi connectivity index (χ1v) is 11.3. The second-order valence-corrected chi connectivity index (χ2v) is 9.95. The summed E-state index contributed by atoms with van der Waals surface area (Å²) in [7, 11) is 0. The Hall–Kier alpha value is -3.23. The van der Waals surface area contributed by atoms with Gasteiger partial charge in [0, 0.05) is 24.3 Å². The van der Waals surface area contributed by atoms with Crippen LogP contribution in [0.5, 0.6) is 5.75 Å². The molecule has 2 atom stereocenters. The van der Waals surface area contributed by atoms with Crippen molar-refractivity contribution in [3.05, 3.63) is 42.5 Å². The van der Waals surface area contributed by atoms with Crippen molar-refractivity contribution in [2.45, 2.75) is 59.4 Å². The van der Waals surface area contributed by atoms with Crippen LogP contribution in [0.4, 0.5) is 30.5 Å². The van der Waals surface area contributed by atoms with E-state index >= 15 is 0 Å². The van der Waals surface area contributed by atoms with Gasteiger partial charge in [0.25, 0.3) is 0 Å². The van der Waals surface area contributed by atoms with Crippen molar-refractivity contribution in [2.24, 2.45) is 11.3 Å². The number of fused-ring (bicyclic) bond motifs is 1. The predicted molar refractivity (Wildman–Crippen MR) is 126 cm³/mol. The van der Waals surface area contributed by atoms with E-state index < -0.39 is 6.36 Å². The molecule has 1 aliphatic rings. The molecule has 1 aromatic heterocycles. The number of ether oxygens (including phenoxy) is 1. The van der Waals surface area contributed by atoms with Crippen molar-refractivity contribution < 1.29 is 22.7 Å². The van der Waals surface area contributed by atoms with Gasteiger partial charge in [0.05, 0.1) is 11.0 Å². The summed E-state index contributed by atoms with van der Waals surface area (Å²) < 4.78 is 43.6. The normalized spacial score (nSPS) is 20.2. The molecule has 1 fully saturated rings. The van der Waals surface area contributed by atoms with Crippen LogP contribution in [0.3, 0.4) is 0 Å². The van der Waals surface area contributed by atoms with Gasteiger partial charge in [0.15, 0.2) is 0 Å². The number of hydrogen-bond donors (Lipinski definition) is 2. The molecule has 182 valence electrons. The lowest BCUT2D eigenvalue weighted by Crippen LogP contribution is -2.29. The summed E-state index contributed by atoms with van der Waals surface area (Å²) in [6.07, 6.45) is -1.62. The van der Waals surface area contributed by atoms with Crippen LogP contribution in [0.15, 0.2) is 42.5 Å². The Bertz CT molecular complexity index is 1190. The van der Waals surface area contributed by atoms with Gasteiger partial charge in [-0.25, -0.2) is 4.98 Å². The molecule has 34 heavy (non-hydrogen) atoms. The van der Waals surface area contributed by atoms with Gasteiger partial charge in [-0.3, -0.25) is 4.79 Å². The Morgan fingerprint density at radius 3 is 2.41 bits per heavy atom. The second kappa shape index (κ2) is 8.85. The largest absolute Gasteiger partial charge is 0.573 e. The number of aromatic nitrogens is 2. The van der Waals surface area contributed by atoms with E-state index in [1.807, 2.05) is 18.2 Å². The van der Waals surface area contributed by atoms with Crippen molar-refractivity contribution in [1.29, 1.82) is 0 Å². The number of benzene rings is 2. The Labute approximate surface area is 196 Å². The third-order valence-electron chi connectivity index (χ3n) is 6.08. The molecular weight excluding hydrogens is 445 g/mol. The first-order valence-electron chi connectivity index (χ1n) is 11.3. The van der Waals surface area contributed by atoms with Crippen molar-refractivity contribution in [2.75, 3.05) is 10.6 Å². The fraction of sp³-hybridized carbons (Fsp3) is 0.440. The zero-order valence-corrected chi connectivity index (χ0v) is 19.7. The first-order chi connectivity index (χ1) is 15.9. The molecule has 1 amide bonds. The molecule has 2 N–H and O–H groups in total. The number of carbonyl (C=O) groups is 1. The van der Waals surface area contributed by atoms with Crippen LogP contribution >= 0.6 is 0 Å². The zero-order valence-electron chi connectivity index (χ0n) is 19.7. The molecule has 1 saturated carbocycles. The van der Waals surface area contributed by atoms with Crippen LogP contribution in [0, 0.1) is 11.3 Å². The first kappa shape index (κ1) is 23.9.